The summed E-state index contributed by atoms with van der Waals surface area (Å²) in [4.78, 5) is 11.5. The number of Topliss-reactive ketones (excluding diaryl/α,β-unsaturated/α-hetero) is 1. The van der Waals surface area contributed by atoms with Crippen LogP contribution in [0.5, 0.6) is 0 Å². The minimum Gasteiger partial charge on any atom is -0.289 e. The summed E-state index contributed by atoms with van der Waals surface area (Å²) in [5.41, 5.74) is 1.55. The van der Waals surface area contributed by atoms with E-state index < -0.39 is 0 Å². The average molecular weight is 160 g/mol. The fourth-order valence-corrected chi connectivity index (χ4v) is 0.948. The van der Waals surface area contributed by atoms with E-state index in [0.29, 0.717) is 0 Å². The zero-order valence-corrected chi connectivity index (χ0v) is 7.37. The predicted octanol–water partition coefficient (Wildman–Crippen LogP) is 2.84. The summed E-state index contributed by atoms with van der Waals surface area (Å²) in [7, 11) is 0. The molecular formula is C11H12O. The second-order valence-corrected chi connectivity index (χ2v) is 2.67. The van der Waals surface area contributed by atoms with E-state index in [1.165, 1.54) is 0 Å². The van der Waals surface area contributed by atoms with Crippen LogP contribution in [0.25, 0.3) is 0 Å². The summed E-state index contributed by atoms with van der Waals surface area (Å²) in [6, 6.07) is 9.30. The molecule has 1 aromatic carbocycles. The molecule has 0 saturated carbocycles. The van der Waals surface area contributed by atoms with E-state index in [4.69, 9.17) is 0 Å². The largest absolute Gasteiger partial charge is 0.289 e. The molecule has 0 saturated heterocycles. The molecule has 0 unspecified atom stereocenters. The molecule has 0 aliphatic carbocycles. The van der Waals surface area contributed by atoms with Gasteiger partial charge in [0.15, 0.2) is 5.78 Å². The first kappa shape index (κ1) is 8.72. The van der Waals surface area contributed by atoms with Crippen LogP contribution in [0.4, 0.5) is 0 Å². The van der Waals surface area contributed by atoms with Crippen molar-refractivity contribution in [1.29, 1.82) is 0 Å². The van der Waals surface area contributed by atoms with Crippen molar-refractivity contribution in [3.05, 3.63) is 47.5 Å². The van der Waals surface area contributed by atoms with Crippen LogP contribution < -0.4 is 0 Å². The van der Waals surface area contributed by atoms with Crippen LogP contribution in [0.2, 0.25) is 0 Å². The lowest BCUT2D eigenvalue weighted by molar-refractivity contribution is 0.103. The van der Waals surface area contributed by atoms with Gasteiger partial charge in [-0.1, -0.05) is 36.4 Å². The summed E-state index contributed by atoms with van der Waals surface area (Å²) in [5.74, 6) is 0.109. The number of rotatable bonds is 2. The monoisotopic (exact) mass is 160 g/mol. The number of allylic oxidation sites excluding steroid dienone is 2. The molecule has 0 fully saturated rings. The molecule has 0 amide bonds. The standard InChI is InChI=1S/C11H12O/c1-3-9(2)11(12)10-7-5-4-6-8-10/h3-8H,1-2H3/b9-3+. The summed E-state index contributed by atoms with van der Waals surface area (Å²) < 4.78 is 0. The number of carbonyl (C=O) groups excluding carboxylic acids is 1. The molecule has 0 aliphatic rings. The minimum atomic E-state index is 0.109. The van der Waals surface area contributed by atoms with E-state index in [0.717, 1.165) is 11.1 Å². The highest BCUT2D eigenvalue weighted by atomic mass is 16.1. The van der Waals surface area contributed by atoms with E-state index >= 15 is 0 Å². The summed E-state index contributed by atoms with van der Waals surface area (Å²) in [6.07, 6.45) is 1.83. The van der Waals surface area contributed by atoms with Crippen LogP contribution in [0.15, 0.2) is 42.0 Å². The second-order valence-electron chi connectivity index (χ2n) is 2.67. The van der Waals surface area contributed by atoms with Gasteiger partial charge in [0.25, 0.3) is 0 Å². The number of carbonyl (C=O) groups is 1. The van der Waals surface area contributed by atoms with Crippen molar-refractivity contribution < 1.29 is 4.79 Å². The molecule has 0 heterocycles. The Kier molecular flexibility index (Phi) is 2.81. The summed E-state index contributed by atoms with van der Waals surface area (Å²) in [6.45, 7) is 3.70. The molecule has 0 atom stereocenters. The molecule has 1 nitrogen and oxygen atoms in total. The molecule has 0 bridgehead atoms. The van der Waals surface area contributed by atoms with Crippen molar-refractivity contribution >= 4 is 5.78 Å². The van der Waals surface area contributed by atoms with Gasteiger partial charge in [-0.15, -0.1) is 0 Å². The SMILES string of the molecule is C/C=C(\C)C(=O)c1ccccc1. The van der Waals surface area contributed by atoms with Crippen LogP contribution in [0, 0.1) is 0 Å². The third kappa shape index (κ3) is 1.82. The molecule has 62 valence electrons. The molecule has 0 aromatic heterocycles. The first-order chi connectivity index (χ1) is 5.75. The highest BCUT2D eigenvalue weighted by molar-refractivity contribution is 6.08. The number of benzene rings is 1. The molecule has 0 radical (unpaired) electrons. The molecule has 12 heavy (non-hydrogen) atoms. The Labute approximate surface area is 72.7 Å². The lowest BCUT2D eigenvalue weighted by Crippen LogP contribution is -1.99. The van der Waals surface area contributed by atoms with Crippen molar-refractivity contribution in [3.63, 3.8) is 0 Å². The minimum absolute atomic E-state index is 0.109. The Morgan fingerprint density at radius 2 is 1.83 bits per heavy atom. The quantitative estimate of drug-likeness (QED) is 0.480. The third-order valence-electron chi connectivity index (χ3n) is 1.83. The molecule has 0 aliphatic heterocycles. The van der Waals surface area contributed by atoms with Crippen LogP contribution >= 0.6 is 0 Å². The molecular weight excluding hydrogens is 148 g/mol. The fourth-order valence-electron chi connectivity index (χ4n) is 0.948. The molecule has 0 spiro atoms. The van der Waals surface area contributed by atoms with Crippen molar-refractivity contribution in [2.24, 2.45) is 0 Å². The Hall–Kier alpha value is -1.37. The van der Waals surface area contributed by atoms with Crippen molar-refractivity contribution in [2.75, 3.05) is 0 Å². The van der Waals surface area contributed by atoms with Crippen LogP contribution in [0.1, 0.15) is 24.2 Å². The van der Waals surface area contributed by atoms with Gasteiger partial charge in [0.05, 0.1) is 0 Å². The van der Waals surface area contributed by atoms with Crippen molar-refractivity contribution in [2.45, 2.75) is 13.8 Å². The number of hydrogen-bond donors (Lipinski definition) is 0. The Morgan fingerprint density at radius 3 is 2.33 bits per heavy atom. The van der Waals surface area contributed by atoms with E-state index in [2.05, 4.69) is 0 Å². The van der Waals surface area contributed by atoms with Gasteiger partial charge in [0.1, 0.15) is 0 Å². The Morgan fingerprint density at radius 1 is 1.25 bits per heavy atom. The van der Waals surface area contributed by atoms with Crippen molar-refractivity contribution in [1.82, 2.24) is 0 Å². The summed E-state index contributed by atoms with van der Waals surface area (Å²) in [5, 5.41) is 0. The molecule has 1 aromatic rings. The van der Waals surface area contributed by atoms with Gasteiger partial charge in [-0.25, -0.2) is 0 Å². The first-order valence-electron chi connectivity index (χ1n) is 3.98. The van der Waals surface area contributed by atoms with Gasteiger partial charge in [-0.05, 0) is 19.4 Å². The van der Waals surface area contributed by atoms with Crippen LogP contribution in [-0.2, 0) is 0 Å². The second kappa shape index (κ2) is 3.86. The Bertz CT molecular complexity index is 296. The van der Waals surface area contributed by atoms with Crippen LogP contribution in [0.3, 0.4) is 0 Å². The number of hydrogen-bond acceptors (Lipinski definition) is 1. The lowest BCUT2D eigenvalue weighted by Gasteiger charge is -1.98. The maximum absolute atomic E-state index is 11.5. The fraction of sp³-hybridized carbons (Fsp3) is 0.182. The smallest absolute Gasteiger partial charge is 0.188 e. The van der Waals surface area contributed by atoms with Gasteiger partial charge >= 0.3 is 0 Å². The van der Waals surface area contributed by atoms with Gasteiger partial charge in [-0.3, -0.25) is 4.79 Å². The molecule has 1 rings (SSSR count). The highest BCUT2D eigenvalue weighted by Gasteiger charge is 2.04. The third-order valence-corrected chi connectivity index (χ3v) is 1.83. The van der Waals surface area contributed by atoms with Gasteiger partial charge in [0, 0.05) is 5.56 Å². The molecule has 0 N–H and O–H groups in total. The van der Waals surface area contributed by atoms with Gasteiger partial charge in [0.2, 0.25) is 0 Å². The van der Waals surface area contributed by atoms with E-state index in [1.807, 2.05) is 50.3 Å². The highest BCUT2D eigenvalue weighted by Crippen LogP contribution is 2.06. The van der Waals surface area contributed by atoms with Crippen LogP contribution in [-0.4, -0.2) is 5.78 Å². The number of ketones is 1. The van der Waals surface area contributed by atoms with E-state index in [9.17, 15) is 4.79 Å². The maximum Gasteiger partial charge on any atom is 0.188 e. The zero-order valence-electron chi connectivity index (χ0n) is 7.37. The maximum atomic E-state index is 11.5. The molecule has 1 heteroatoms. The van der Waals surface area contributed by atoms with E-state index in [1.54, 1.807) is 0 Å². The topological polar surface area (TPSA) is 17.1 Å². The normalized spacial score (nSPS) is 11.3. The Balaban J connectivity index is 2.94. The van der Waals surface area contributed by atoms with Crippen molar-refractivity contribution in [3.8, 4) is 0 Å². The first-order valence-corrected chi connectivity index (χ1v) is 3.98. The predicted molar refractivity (Wildman–Crippen MR) is 50.2 cm³/mol. The summed E-state index contributed by atoms with van der Waals surface area (Å²) >= 11 is 0. The van der Waals surface area contributed by atoms with Gasteiger partial charge < -0.3 is 0 Å². The lowest BCUT2D eigenvalue weighted by atomic mass is 10.1. The van der Waals surface area contributed by atoms with Gasteiger partial charge in [-0.2, -0.15) is 0 Å². The average Bonchev–Trinajstić information content (AvgIpc) is 2.17. The van der Waals surface area contributed by atoms with E-state index in [-0.39, 0.29) is 5.78 Å². The zero-order chi connectivity index (χ0) is 8.97.